The van der Waals surface area contributed by atoms with Crippen LogP contribution >= 0.6 is 11.6 Å². The van der Waals surface area contributed by atoms with Crippen LogP contribution in [0.2, 0.25) is 5.02 Å². The van der Waals surface area contributed by atoms with Crippen molar-refractivity contribution in [3.05, 3.63) is 35.0 Å². The van der Waals surface area contributed by atoms with Crippen molar-refractivity contribution in [3.8, 4) is 0 Å². The standard InChI is InChI=1S/C15H16ClN3O/c1-9-5-12(16)15(11-3-2-4-18-14(9)11)19-13(20)6-10-7-17-8-10/h2-5,10,17H,6-8H2,1H3,(H,19,20). The topological polar surface area (TPSA) is 54.0 Å². The van der Waals surface area contributed by atoms with E-state index >= 15 is 0 Å². The van der Waals surface area contributed by atoms with Crippen molar-refractivity contribution in [2.24, 2.45) is 5.92 Å². The van der Waals surface area contributed by atoms with Crippen molar-refractivity contribution in [2.45, 2.75) is 13.3 Å². The van der Waals surface area contributed by atoms with E-state index in [1.165, 1.54) is 0 Å². The van der Waals surface area contributed by atoms with Gasteiger partial charge >= 0.3 is 0 Å². The van der Waals surface area contributed by atoms with E-state index < -0.39 is 0 Å². The van der Waals surface area contributed by atoms with Gasteiger partial charge in [-0.2, -0.15) is 0 Å². The summed E-state index contributed by atoms with van der Waals surface area (Å²) in [7, 11) is 0. The number of aryl methyl sites for hydroxylation is 1. The third kappa shape index (κ3) is 2.49. The summed E-state index contributed by atoms with van der Waals surface area (Å²) in [5.74, 6) is 0.441. The lowest BCUT2D eigenvalue weighted by Gasteiger charge is -2.26. The second-order valence-electron chi connectivity index (χ2n) is 5.23. The molecule has 0 saturated carbocycles. The average Bonchev–Trinajstić information content (AvgIpc) is 2.39. The van der Waals surface area contributed by atoms with Crippen molar-refractivity contribution in [2.75, 3.05) is 18.4 Å². The summed E-state index contributed by atoms with van der Waals surface area (Å²) in [6.45, 7) is 3.79. The third-order valence-corrected chi connectivity index (χ3v) is 3.94. The predicted octanol–water partition coefficient (Wildman–Crippen LogP) is 2.74. The number of fused-ring (bicyclic) bond motifs is 1. The third-order valence-electron chi connectivity index (χ3n) is 3.64. The van der Waals surface area contributed by atoms with Crippen molar-refractivity contribution < 1.29 is 4.79 Å². The van der Waals surface area contributed by atoms with Crippen molar-refractivity contribution in [1.82, 2.24) is 10.3 Å². The van der Waals surface area contributed by atoms with Crippen LogP contribution in [0.1, 0.15) is 12.0 Å². The molecule has 0 bridgehead atoms. The molecule has 2 heterocycles. The molecule has 0 radical (unpaired) electrons. The van der Waals surface area contributed by atoms with Crippen molar-refractivity contribution >= 4 is 34.1 Å². The minimum Gasteiger partial charge on any atom is -0.324 e. The molecule has 0 spiro atoms. The number of hydrogen-bond acceptors (Lipinski definition) is 3. The number of amides is 1. The Morgan fingerprint density at radius 1 is 1.55 bits per heavy atom. The van der Waals surface area contributed by atoms with Gasteiger partial charge in [0.25, 0.3) is 0 Å². The Kier molecular flexibility index (Phi) is 3.59. The highest BCUT2D eigenvalue weighted by Gasteiger charge is 2.21. The summed E-state index contributed by atoms with van der Waals surface area (Å²) in [5, 5.41) is 7.55. The van der Waals surface area contributed by atoms with E-state index in [0.717, 1.165) is 29.6 Å². The van der Waals surface area contributed by atoms with Crippen LogP contribution in [0, 0.1) is 12.8 Å². The fourth-order valence-corrected chi connectivity index (χ4v) is 2.77. The molecule has 3 rings (SSSR count). The Morgan fingerprint density at radius 2 is 2.35 bits per heavy atom. The van der Waals surface area contributed by atoms with Gasteiger partial charge in [-0.05, 0) is 49.7 Å². The number of nitrogens with zero attached hydrogens (tertiary/aromatic N) is 1. The summed E-state index contributed by atoms with van der Waals surface area (Å²) in [5.41, 5.74) is 2.54. The van der Waals surface area contributed by atoms with E-state index in [0.29, 0.717) is 23.0 Å². The van der Waals surface area contributed by atoms with E-state index in [2.05, 4.69) is 15.6 Å². The molecule has 0 aliphatic carbocycles. The highest BCUT2D eigenvalue weighted by atomic mass is 35.5. The van der Waals surface area contributed by atoms with E-state index in [1.807, 2.05) is 25.1 Å². The number of carbonyl (C=O) groups is 1. The number of aromatic nitrogens is 1. The SMILES string of the molecule is Cc1cc(Cl)c(NC(=O)CC2CNC2)c2cccnc12. The average molecular weight is 290 g/mol. The minimum atomic E-state index is 0.00686. The quantitative estimate of drug-likeness (QED) is 0.913. The van der Waals surface area contributed by atoms with Crippen LogP contribution in [0.4, 0.5) is 5.69 Å². The number of nitrogens with one attached hydrogen (secondary N) is 2. The fourth-order valence-electron chi connectivity index (χ4n) is 2.45. The lowest BCUT2D eigenvalue weighted by molar-refractivity contribution is -0.117. The number of rotatable bonds is 3. The van der Waals surface area contributed by atoms with Gasteiger partial charge in [0.1, 0.15) is 0 Å². The Morgan fingerprint density at radius 3 is 3.05 bits per heavy atom. The Labute approximate surface area is 122 Å². The molecule has 1 aliphatic heterocycles. The Balaban J connectivity index is 1.91. The monoisotopic (exact) mass is 289 g/mol. The summed E-state index contributed by atoms with van der Waals surface area (Å²) in [4.78, 5) is 16.4. The van der Waals surface area contributed by atoms with Gasteiger partial charge in [0.05, 0.1) is 16.2 Å². The lowest BCUT2D eigenvalue weighted by atomic mass is 9.99. The second-order valence-corrected chi connectivity index (χ2v) is 5.63. The van der Waals surface area contributed by atoms with Gasteiger partial charge in [-0.1, -0.05) is 11.6 Å². The second kappa shape index (κ2) is 5.38. The van der Waals surface area contributed by atoms with Gasteiger partial charge in [-0.15, -0.1) is 0 Å². The van der Waals surface area contributed by atoms with E-state index in [-0.39, 0.29) is 5.91 Å². The lowest BCUT2D eigenvalue weighted by Crippen LogP contribution is -2.43. The molecule has 0 unspecified atom stereocenters. The van der Waals surface area contributed by atoms with Crippen LogP contribution in [0.25, 0.3) is 10.9 Å². The molecule has 5 heteroatoms. The molecular formula is C15H16ClN3O. The zero-order valence-electron chi connectivity index (χ0n) is 11.2. The van der Waals surface area contributed by atoms with Crippen LogP contribution in [-0.4, -0.2) is 24.0 Å². The Bertz CT molecular complexity index is 667. The number of benzene rings is 1. The molecule has 2 N–H and O–H groups in total. The number of pyridine rings is 1. The first kappa shape index (κ1) is 13.3. The molecule has 4 nitrogen and oxygen atoms in total. The zero-order valence-corrected chi connectivity index (χ0v) is 12.0. The highest BCUT2D eigenvalue weighted by molar-refractivity contribution is 6.35. The maximum Gasteiger partial charge on any atom is 0.224 e. The molecule has 1 aromatic carbocycles. The molecule has 1 amide bonds. The van der Waals surface area contributed by atoms with Gasteiger partial charge in [-0.3, -0.25) is 9.78 Å². The van der Waals surface area contributed by atoms with Crippen LogP contribution < -0.4 is 10.6 Å². The van der Waals surface area contributed by atoms with Crippen molar-refractivity contribution in [3.63, 3.8) is 0 Å². The summed E-state index contributed by atoms with van der Waals surface area (Å²) in [6.07, 6.45) is 2.27. The van der Waals surface area contributed by atoms with Gasteiger partial charge in [-0.25, -0.2) is 0 Å². The molecular weight excluding hydrogens is 274 g/mol. The largest absolute Gasteiger partial charge is 0.324 e. The molecule has 1 aliphatic rings. The molecule has 0 atom stereocenters. The molecule has 1 fully saturated rings. The number of halogens is 1. The number of carbonyl (C=O) groups excluding carboxylic acids is 1. The summed E-state index contributed by atoms with van der Waals surface area (Å²) < 4.78 is 0. The molecule has 2 aromatic rings. The number of hydrogen-bond donors (Lipinski definition) is 2. The predicted molar refractivity (Wildman–Crippen MR) is 81.1 cm³/mol. The van der Waals surface area contributed by atoms with Crippen LogP contribution in [-0.2, 0) is 4.79 Å². The van der Waals surface area contributed by atoms with Gasteiger partial charge in [0, 0.05) is 18.0 Å². The van der Waals surface area contributed by atoms with E-state index in [4.69, 9.17) is 11.6 Å². The zero-order chi connectivity index (χ0) is 14.1. The van der Waals surface area contributed by atoms with Gasteiger partial charge < -0.3 is 10.6 Å². The highest BCUT2D eigenvalue weighted by Crippen LogP contribution is 2.32. The molecule has 1 saturated heterocycles. The Hall–Kier alpha value is -1.65. The van der Waals surface area contributed by atoms with Crippen molar-refractivity contribution in [1.29, 1.82) is 0 Å². The van der Waals surface area contributed by atoms with E-state index in [9.17, 15) is 4.79 Å². The normalized spacial score (nSPS) is 15.1. The summed E-state index contributed by atoms with van der Waals surface area (Å²) >= 11 is 6.28. The maximum absolute atomic E-state index is 12.1. The number of anilines is 1. The first-order valence-corrected chi connectivity index (χ1v) is 7.07. The minimum absolute atomic E-state index is 0.00686. The molecule has 1 aromatic heterocycles. The smallest absolute Gasteiger partial charge is 0.224 e. The van der Waals surface area contributed by atoms with Crippen LogP contribution in [0.5, 0.6) is 0 Å². The molecule has 20 heavy (non-hydrogen) atoms. The van der Waals surface area contributed by atoms with E-state index in [1.54, 1.807) is 6.20 Å². The van der Waals surface area contributed by atoms with Crippen LogP contribution in [0.3, 0.4) is 0 Å². The van der Waals surface area contributed by atoms with Crippen LogP contribution in [0.15, 0.2) is 24.4 Å². The van der Waals surface area contributed by atoms with Gasteiger partial charge in [0.2, 0.25) is 5.91 Å². The van der Waals surface area contributed by atoms with Gasteiger partial charge in [0.15, 0.2) is 0 Å². The first-order valence-electron chi connectivity index (χ1n) is 6.69. The first-order chi connectivity index (χ1) is 9.65. The fraction of sp³-hybridized carbons (Fsp3) is 0.333. The maximum atomic E-state index is 12.1. The molecule has 104 valence electrons. The summed E-state index contributed by atoms with van der Waals surface area (Å²) in [6, 6.07) is 5.63.